The normalized spacial score (nSPS) is 19.5. The summed E-state index contributed by atoms with van der Waals surface area (Å²) in [4.78, 5) is 14.0. The van der Waals surface area contributed by atoms with E-state index in [9.17, 15) is 13.2 Å². The van der Waals surface area contributed by atoms with Gasteiger partial charge in [0.1, 0.15) is 0 Å². The Morgan fingerprint density at radius 3 is 2.45 bits per heavy atom. The van der Waals surface area contributed by atoms with Crippen molar-refractivity contribution < 1.29 is 32.5 Å². The van der Waals surface area contributed by atoms with Crippen LogP contribution in [-0.4, -0.2) is 60.5 Å². The minimum atomic E-state index is -5.08. The average Bonchev–Trinajstić information content (AvgIpc) is 3.24. The number of halogens is 3. The number of piperidine rings is 1. The highest BCUT2D eigenvalue weighted by molar-refractivity contribution is 5.73. The van der Waals surface area contributed by atoms with Crippen molar-refractivity contribution in [3.63, 3.8) is 0 Å². The number of nitrogens with zero attached hydrogens (tertiary/aromatic N) is 2. The summed E-state index contributed by atoms with van der Waals surface area (Å²) in [7, 11) is 2.24. The molecule has 0 atom stereocenters. The summed E-state index contributed by atoms with van der Waals surface area (Å²) < 4.78 is 42.7. The van der Waals surface area contributed by atoms with Crippen molar-refractivity contribution in [2.24, 2.45) is 0 Å². The van der Waals surface area contributed by atoms with Gasteiger partial charge in [0.2, 0.25) is 6.79 Å². The maximum Gasteiger partial charge on any atom is 0.490 e. The second-order valence-corrected chi connectivity index (χ2v) is 8.88. The van der Waals surface area contributed by atoms with Crippen LogP contribution in [0.5, 0.6) is 11.5 Å². The van der Waals surface area contributed by atoms with Crippen molar-refractivity contribution >= 4 is 5.97 Å². The van der Waals surface area contributed by atoms with E-state index in [-0.39, 0.29) is 0 Å². The van der Waals surface area contributed by atoms with Crippen LogP contribution in [0.1, 0.15) is 29.5 Å². The number of carbonyl (C=O) groups is 1. The van der Waals surface area contributed by atoms with E-state index >= 15 is 0 Å². The van der Waals surface area contributed by atoms with Crippen molar-refractivity contribution in [1.82, 2.24) is 9.80 Å². The second-order valence-electron chi connectivity index (χ2n) is 8.88. The number of fused-ring (bicyclic) bond motifs is 3. The number of carboxylic acid groups (broad SMARTS) is 1. The lowest BCUT2D eigenvalue weighted by Gasteiger charge is -2.48. The molecular formula is C24H27F3N2O4. The first-order chi connectivity index (χ1) is 15.7. The van der Waals surface area contributed by atoms with Gasteiger partial charge in [-0.1, -0.05) is 30.3 Å². The molecule has 9 heteroatoms. The zero-order valence-corrected chi connectivity index (χ0v) is 18.4. The molecule has 3 aliphatic heterocycles. The van der Waals surface area contributed by atoms with Crippen LogP contribution in [0.25, 0.3) is 0 Å². The molecule has 0 radical (unpaired) electrons. The van der Waals surface area contributed by atoms with E-state index in [0.29, 0.717) is 12.2 Å². The lowest BCUT2D eigenvalue weighted by Crippen LogP contribution is -2.51. The van der Waals surface area contributed by atoms with Crippen molar-refractivity contribution in [1.29, 1.82) is 0 Å². The molecule has 0 unspecified atom stereocenters. The first kappa shape index (κ1) is 23.4. The smallest absolute Gasteiger partial charge is 0.475 e. The number of rotatable bonds is 2. The lowest BCUT2D eigenvalue weighted by molar-refractivity contribution is -0.192. The number of alkyl halides is 3. The van der Waals surface area contributed by atoms with E-state index in [1.54, 1.807) is 5.56 Å². The summed E-state index contributed by atoms with van der Waals surface area (Å²) >= 11 is 0. The summed E-state index contributed by atoms with van der Waals surface area (Å²) in [6.07, 6.45) is -2.59. The maximum atomic E-state index is 10.6. The summed E-state index contributed by atoms with van der Waals surface area (Å²) in [6, 6.07) is 15.5. The Hall–Kier alpha value is -2.78. The molecule has 1 N–H and O–H groups in total. The third kappa shape index (κ3) is 5.25. The minimum absolute atomic E-state index is 0.303. The number of carboxylic acids is 1. The summed E-state index contributed by atoms with van der Waals surface area (Å²) in [6.45, 7) is 5.85. The van der Waals surface area contributed by atoms with E-state index in [1.165, 1.54) is 37.1 Å². The molecule has 3 aliphatic rings. The Morgan fingerprint density at radius 1 is 1.09 bits per heavy atom. The van der Waals surface area contributed by atoms with Gasteiger partial charge in [0.25, 0.3) is 0 Å². The largest absolute Gasteiger partial charge is 0.490 e. The predicted molar refractivity (Wildman–Crippen MR) is 115 cm³/mol. The van der Waals surface area contributed by atoms with Gasteiger partial charge in [-0.15, -0.1) is 0 Å². The van der Waals surface area contributed by atoms with Gasteiger partial charge in [0.15, 0.2) is 11.5 Å². The molecule has 0 aliphatic carbocycles. The summed E-state index contributed by atoms with van der Waals surface area (Å²) in [5.41, 5.74) is 4.70. The number of hydrogen-bond donors (Lipinski definition) is 1. The van der Waals surface area contributed by atoms with Crippen molar-refractivity contribution in [3.8, 4) is 11.5 Å². The molecule has 6 nitrogen and oxygen atoms in total. The molecule has 2 aromatic rings. The van der Waals surface area contributed by atoms with Gasteiger partial charge in [-0.3, -0.25) is 4.90 Å². The van der Waals surface area contributed by atoms with Gasteiger partial charge in [0.05, 0.1) is 0 Å². The van der Waals surface area contributed by atoms with E-state index < -0.39 is 12.1 Å². The number of likely N-dealkylation sites (tertiary alicyclic amines) is 1. The molecule has 178 valence electrons. The average molecular weight is 464 g/mol. The fourth-order valence-electron chi connectivity index (χ4n) is 4.87. The molecule has 2 aromatic carbocycles. The summed E-state index contributed by atoms with van der Waals surface area (Å²) in [5.74, 6) is -1.01. The molecule has 0 saturated carbocycles. The molecule has 5 rings (SSSR count). The Labute approximate surface area is 190 Å². The first-order valence-electron chi connectivity index (χ1n) is 10.8. The van der Waals surface area contributed by atoms with Crippen LogP contribution in [0.3, 0.4) is 0 Å². The second kappa shape index (κ2) is 9.23. The number of ether oxygens (including phenoxy) is 2. The molecule has 33 heavy (non-hydrogen) atoms. The minimum Gasteiger partial charge on any atom is -0.475 e. The number of aliphatic carboxylic acids is 1. The van der Waals surface area contributed by atoms with Crippen LogP contribution in [0.4, 0.5) is 13.2 Å². The highest BCUT2D eigenvalue weighted by Gasteiger charge is 2.41. The number of benzene rings is 2. The Kier molecular flexibility index (Phi) is 6.54. The van der Waals surface area contributed by atoms with Gasteiger partial charge >= 0.3 is 12.1 Å². The molecular weight excluding hydrogens is 437 g/mol. The summed E-state index contributed by atoms with van der Waals surface area (Å²) in [5, 5.41) is 7.12. The van der Waals surface area contributed by atoms with Gasteiger partial charge in [-0.05, 0) is 61.8 Å². The van der Waals surface area contributed by atoms with E-state index in [2.05, 4.69) is 53.2 Å². The monoisotopic (exact) mass is 464 g/mol. The SMILES string of the molecule is CN1CCC2(CC1)CN(Cc1ccc3c(c1)OCO3)Cc1ccccc12.O=C(O)C(F)(F)F. The quantitative estimate of drug-likeness (QED) is 0.724. The van der Waals surface area contributed by atoms with Crippen molar-refractivity contribution in [2.45, 2.75) is 37.5 Å². The molecule has 0 bridgehead atoms. The van der Waals surface area contributed by atoms with Crippen LogP contribution >= 0.6 is 0 Å². The molecule has 0 aromatic heterocycles. The number of hydrogen-bond acceptors (Lipinski definition) is 5. The van der Waals surface area contributed by atoms with Crippen LogP contribution < -0.4 is 9.47 Å². The molecule has 3 heterocycles. The Bertz CT molecular complexity index is 1000. The zero-order valence-electron chi connectivity index (χ0n) is 18.4. The maximum absolute atomic E-state index is 10.6. The van der Waals surface area contributed by atoms with Crippen molar-refractivity contribution in [2.75, 3.05) is 33.5 Å². The van der Waals surface area contributed by atoms with E-state index in [0.717, 1.165) is 31.1 Å². The fraction of sp³-hybridized carbons (Fsp3) is 0.458. The molecule has 1 spiro atoms. The van der Waals surface area contributed by atoms with Gasteiger partial charge in [-0.2, -0.15) is 13.2 Å². The molecule has 0 amide bonds. The third-order valence-corrected chi connectivity index (χ3v) is 6.54. The van der Waals surface area contributed by atoms with Crippen LogP contribution in [0.15, 0.2) is 42.5 Å². The lowest BCUT2D eigenvalue weighted by atomic mass is 9.69. The van der Waals surface area contributed by atoms with Crippen LogP contribution in [0, 0.1) is 0 Å². The first-order valence-corrected chi connectivity index (χ1v) is 10.8. The van der Waals surface area contributed by atoms with Crippen LogP contribution in [0.2, 0.25) is 0 Å². The molecule has 1 saturated heterocycles. The van der Waals surface area contributed by atoms with Gasteiger partial charge in [0, 0.05) is 25.0 Å². The highest BCUT2D eigenvalue weighted by Crippen LogP contribution is 2.42. The van der Waals surface area contributed by atoms with Crippen molar-refractivity contribution in [3.05, 3.63) is 59.2 Å². The topological polar surface area (TPSA) is 62.2 Å². The predicted octanol–water partition coefficient (Wildman–Crippen LogP) is 4.03. The van der Waals surface area contributed by atoms with E-state index in [1.807, 2.05) is 6.07 Å². The molecule has 1 fully saturated rings. The standard InChI is InChI=1S/C22H26N2O2.C2HF3O2/c1-23-10-8-22(9-11-23)15-24(14-18-4-2-3-5-19(18)22)13-17-6-7-20-21(12-17)26-16-25-20;3-2(4,5)1(6)7/h2-7,12H,8-11,13-16H2,1H3;(H,6,7). The third-order valence-electron chi connectivity index (χ3n) is 6.54. The fourth-order valence-corrected chi connectivity index (χ4v) is 4.87. The Morgan fingerprint density at radius 2 is 1.76 bits per heavy atom. The van der Waals surface area contributed by atoms with Crippen LogP contribution in [-0.2, 0) is 23.3 Å². The zero-order chi connectivity index (χ0) is 23.6. The van der Waals surface area contributed by atoms with E-state index in [4.69, 9.17) is 19.4 Å². The Balaban J connectivity index is 0.000000325. The van der Waals surface area contributed by atoms with Gasteiger partial charge in [-0.25, -0.2) is 4.79 Å². The highest BCUT2D eigenvalue weighted by atomic mass is 19.4. The van der Waals surface area contributed by atoms with Gasteiger partial charge < -0.3 is 19.5 Å².